The Morgan fingerprint density at radius 2 is 2.32 bits per heavy atom. The van der Waals surface area contributed by atoms with Crippen LogP contribution in [0.4, 0.5) is 0 Å². The van der Waals surface area contributed by atoms with E-state index < -0.39 is 0 Å². The number of nitrogens with zero attached hydrogens (tertiary/aromatic N) is 2. The van der Waals surface area contributed by atoms with Gasteiger partial charge >= 0.3 is 0 Å². The first-order valence-corrected chi connectivity index (χ1v) is 6.78. The number of carbonyl (C=O) groups is 1. The number of aryl methyl sites for hydroxylation is 1. The largest absolute Gasteiger partial charge is 0.456 e. The lowest BCUT2D eigenvalue weighted by Crippen LogP contribution is -2.43. The highest BCUT2D eigenvalue weighted by molar-refractivity contribution is 5.94. The monoisotopic (exact) mass is 264 g/mol. The molecular formula is C14H20N2O3. The second-order valence-corrected chi connectivity index (χ2v) is 4.82. The summed E-state index contributed by atoms with van der Waals surface area (Å²) in [4.78, 5) is 14.1. The number of amides is 1. The summed E-state index contributed by atoms with van der Waals surface area (Å²) in [7, 11) is 0. The van der Waals surface area contributed by atoms with E-state index in [1.165, 1.54) is 0 Å². The van der Waals surface area contributed by atoms with Gasteiger partial charge in [-0.1, -0.05) is 19.0 Å². The molecule has 2 rings (SSSR count). The number of furan rings is 1. The molecule has 104 valence electrons. The van der Waals surface area contributed by atoms with E-state index >= 15 is 0 Å². The predicted octanol–water partition coefficient (Wildman–Crippen LogP) is 2.54. The zero-order valence-electron chi connectivity index (χ0n) is 11.4. The fourth-order valence-corrected chi connectivity index (χ4v) is 2.44. The number of oxime groups is 1. The summed E-state index contributed by atoms with van der Waals surface area (Å²) >= 11 is 0. The maximum Gasteiger partial charge on any atom is 0.289 e. The highest BCUT2D eigenvalue weighted by Gasteiger charge is 2.29. The van der Waals surface area contributed by atoms with Gasteiger partial charge in [0, 0.05) is 31.8 Å². The van der Waals surface area contributed by atoms with Crippen molar-refractivity contribution < 1.29 is 14.4 Å². The number of carbonyl (C=O) groups excluding carboxylic acids is 1. The zero-order valence-corrected chi connectivity index (χ0v) is 11.4. The molecule has 1 atom stereocenters. The molecule has 1 amide bonds. The van der Waals surface area contributed by atoms with Crippen LogP contribution in [0, 0.1) is 5.92 Å². The first-order chi connectivity index (χ1) is 9.19. The van der Waals surface area contributed by atoms with Crippen LogP contribution in [0.5, 0.6) is 0 Å². The molecule has 5 nitrogen and oxygen atoms in total. The van der Waals surface area contributed by atoms with Crippen molar-refractivity contribution in [2.45, 2.75) is 33.1 Å². The summed E-state index contributed by atoms with van der Waals surface area (Å²) in [5.74, 6) is 1.29. The summed E-state index contributed by atoms with van der Waals surface area (Å²) in [6.07, 6.45) is 2.27. The molecule has 1 aromatic heterocycles. The van der Waals surface area contributed by atoms with Crippen molar-refractivity contribution in [3.05, 3.63) is 23.7 Å². The van der Waals surface area contributed by atoms with E-state index in [0.717, 1.165) is 24.3 Å². The van der Waals surface area contributed by atoms with E-state index in [-0.39, 0.29) is 11.8 Å². The molecule has 1 saturated heterocycles. The third-order valence-corrected chi connectivity index (χ3v) is 3.68. The Labute approximate surface area is 112 Å². The lowest BCUT2D eigenvalue weighted by Gasteiger charge is -2.32. The third-order valence-electron chi connectivity index (χ3n) is 3.68. The molecular weight excluding hydrogens is 244 g/mol. The van der Waals surface area contributed by atoms with Crippen LogP contribution >= 0.6 is 0 Å². The van der Waals surface area contributed by atoms with Crippen molar-refractivity contribution in [1.29, 1.82) is 0 Å². The van der Waals surface area contributed by atoms with Crippen molar-refractivity contribution in [3.8, 4) is 0 Å². The van der Waals surface area contributed by atoms with Gasteiger partial charge in [-0.2, -0.15) is 0 Å². The van der Waals surface area contributed by atoms with Crippen LogP contribution in [0.1, 0.15) is 43.0 Å². The van der Waals surface area contributed by atoms with Gasteiger partial charge in [-0.3, -0.25) is 4.79 Å². The minimum Gasteiger partial charge on any atom is -0.456 e. The van der Waals surface area contributed by atoms with Crippen molar-refractivity contribution in [1.82, 2.24) is 4.90 Å². The van der Waals surface area contributed by atoms with E-state index in [4.69, 9.17) is 9.62 Å². The molecule has 1 aliphatic rings. The fraction of sp³-hybridized carbons (Fsp3) is 0.571. The second-order valence-electron chi connectivity index (χ2n) is 4.82. The van der Waals surface area contributed by atoms with E-state index in [0.29, 0.717) is 25.3 Å². The maximum absolute atomic E-state index is 12.3. The zero-order chi connectivity index (χ0) is 13.8. The number of hydrogen-bond acceptors (Lipinski definition) is 4. The van der Waals surface area contributed by atoms with Crippen molar-refractivity contribution in [2.75, 3.05) is 13.1 Å². The molecule has 1 N–H and O–H groups in total. The van der Waals surface area contributed by atoms with Crippen LogP contribution in [0.2, 0.25) is 0 Å². The third kappa shape index (κ3) is 2.80. The van der Waals surface area contributed by atoms with E-state index in [2.05, 4.69) is 5.16 Å². The van der Waals surface area contributed by atoms with Gasteiger partial charge in [0.05, 0.1) is 5.71 Å². The Balaban J connectivity index is 2.08. The van der Waals surface area contributed by atoms with Crippen molar-refractivity contribution in [2.24, 2.45) is 11.1 Å². The molecule has 0 saturated carbocycles. The highest BCUT2D eigenvalue weighted by atomic mass is 16.4. The normalized spacial score (nSPS) is 21.9. The summed E-state index contributed by atoms with van der Waals surface area (Å²) in [5, 5.41) is 12.3. The van der Waals surface area contributed by atoms with Gasteiger partial charge < -0.3 is 14.5 Å². The highest BCUT2D eigenvalue weighted by Crippen LogP contribution is 2.20. The molecule has 1 aromatic rings. The molecule has 19 heavy (non-hydrogen) atoms. The predicted molar refractivity (Wildman–Crippen MR) is 71.6 cm³/mol. The summed E-state index contributed by atoms with van der Waals surface area (Å²) in [5.41, 5.74) is 0.792. The van der Waals surface area contributed by atoms with Gasteiger partial charge in [0.25, 0.3) is 5.91 Å². The Morgan fingerprint density at radius 1 is 1.53 bits per heavy atom. The fourth-order valence-electron chi connectivity index (χ4n) is 2.44. The second kappa shape index (κ2) is 5.91. The van der Waals surface area contributed by atoms with E-state index in [1.807, 2.05) is 19.9 Å². The summed E-state index contributed by atoms with van der Waals surface area (Å²) in [6.45, 7) is 5.20. The molecule has 0 aromatic carbocycles. The first-order valence-electron chi connectivity index (χ1n) is 6.78. The Bertz CT molecular complexity index is 479. The number of rotatable bonds is 3. The number of likely N-dealkylation sites (tertiary alicyclic amines) is 1. The lowest BCUT2D eigenvalue weighted by atomic mass is 9.93. The first kappa shape index (κ1) is 13.6. The molecule has 0 spiro atoms. The van der Waals surface area contributed by atoms with Crippen LogP contribution in [-0.4, -0.2) is 34.8 Å². The summed E-state index contributed by atoms with van der Waals surface area (Å²) < 4.78 is 5.50. The van der Waals surface area contributed by atoms with Gasteiger partial charge in [0.2, 0.25) is 0 Å². The topological polar surface area (TPSA) is 66.0 Å². The maximum atomic E-state index is 12.3. The number of hydrogen-bond donors (Lipinski definition) is 1. The molecule has 5 heteroatoms. The lowest BCUT2D eigenvalue weighted by molar-refractivity contribution is 0.0695. The van der Waals surface area contributed by atoms with Gasteiger partial charge in [0.1, 0.15) is 5.76 Å². The standard InChI is InChI=1S/C14H20N2O3/c1-3-10-9-16(8-7-12(10)15-18)14(17)13-6-5-11(4-2)19-13/h5-6,10,18H,3-4,7-9H2,1-2H3/b15-12+. The van der Waals surface area contributed by atoms with Crippen LogP contribution < -0.4 is 0 Å². The molecule has 2 heterocycles. The minimum atomic E-state index is -0.0739. The molecule has 0 radical (unpaired) electrons. The van der Waals surface area contributed by atoms with Crippen LogP contribution in [-0.2, 0) is 6.42 Å². The van der Waals surface area contributed by atoms with Crippen molar-refractivity contribution in [3.63, 3.8) is 0 Å². The SMILES string of the molecule is CCc1ccc(C(=O)N2CC/C(=N\O)C(CC)C2)o1. The quantitative estimate of drug-likeness (QED) is 0.674. The van der Waals surface area contributed by atoms with E-state index in [9.17, 15) is 4.79 Å². The molecule has 1 fully saturated rings. The average Bonchev–Trinajstić information content (AvgIpc) is 2.94. The van der Waals surface area contributed by atoms with Gasteiger partial charge in [-0.05, 0) is 18.6 Å². The average molecular weight is 264 g/mol. The molecule has 0 bridgehead atoms. The molecule has 1 unspecified atom stereocenters. The van der Waals surface area contributed by atoms with E-state index in [1.54, 1.807) is 11.0 Å². The minimum absolute atomic E-state index is 0.0739. The molecule has 1 aliphatic heterocycles. The van der Waals surface area contributed by atoms with Crippen molar-refractivity contribution >= 4 is 11.6 Å². The van der Waals surface area contributed by atoms with Gasteiger partial charge in [-0.15, -0.1) is 0 Å². The summed E-state index contributed by atoms with van der Waals surface area (Å²) in [6, 6.07) is 3.58. The van der Waals surface area contributed by atoms with Crippen LogP contribution in [0.25, 0.3) is 0 Å². The Kier molecular flexibility index (Phi) is 4.24. The smallest absolute Gasteiger partial charge is 0.289 e. The molecule has 0 aliphatic carbocycles. The Morgan fingerprint density at radius 3 is 2.89 bits per heavy atom. The van der Waals surface area contributed by atoms with Crippen LogP contribution in [0.15, 0.2) is 21.7 Å². The number of piperidine rings is 1. The Hall–Kier alpha value is -1.78. The van der Waals surface area contributed by atoms with Gasteiger partial charge in [-0.25, -0.2) is 0 Å². The van der Waals surface area contributed by atoms with Crippen LogP contribution in [0.3, 0.4) is 0 Å². The van der Waals surface area contributed by atoms with Gasteiger partial charge in [0.15, 0.2) is 5.76 Å².